The molecule has 0 saturated carbocycles. The van der Waals surface area contributed by atoms with Crippen LogP contribution >= 0.6 is 11.3 Å². The molecule has 0 aliphatic rings. The number of hydrogen-bond donors (Lipinski definition) is 1. The number of fused-ring (bicyclic) bond motifs is 1. The van der Waals surface area contributed by atoms with E-state index in [1.807, 2.05) is 30.3 Å². The van der Waals surface area contributed by atoms with Crippen molar-refractivity contribution < 1.29 is 9.90 Å². The van der Waals surface area contributed by atoms with E-state index in [0.29, 0.717) is 5.69 Å². The van der Waals surface area contributed by atoms with Crippen LogP contribution < -0.4 is 0 Å². The van der Waals surface area contributed by atoms with Crippen molar-refractivity contribution in [1.29, 1.82) is 0 Å². The molecule has 6 nitrogen and oxygen atoms in total. The number of aromatic nitrogens is 4. The predicted molar refractivity (Wildman–Crippen MR) is 76.2 cm³/mol. The van der Waals surface area contributed by atoms with Crippen LogP contribution in [0.4, 0.5) is 0 Å². The molecule has 0 atom stereocenters. The number of aliphatic carboxylic acids is 1. The minimum atomic E-state index is -0.948. The minimum Gasteiger partial charge on any atom is -0.480 e. The number of para-hydroxylation sites is 1. The highest BCUT2D eigenvalue weighted by Crippen LogP contribution is 2.22. The Labute approximate surface area is 118 Å². The third kappa shape index (κ3) is 2.72. The zero-order valence-corrected chi connectivity index (χ0v) is 11.1. The standard InChI is InChI=1S/C13H10N4O2S/c18-13(19)8-17-7-9(15-16-17)5-6-12-14-10-3-1-2-4-11(10)20-12/h1-7H,8H2,(H,18,19)/b6-5+. The van der Waals surface area contributed by atoms with Gasteiger partial charge in [-0.15, -0.1) is 16.4 Å². The Morgan fingerprint density at radius 2 is 2.20 bits per heavy atom. The van der Waals surface area contributed by atoms with Gasteiger partial charge in [0.1, 0.15) is 17.2 Å². The van der Waals surface area contributed by atoms with Crippen LogP contribution in [-0.4, -0.2) is 31.1 Å². The van der Waals surface area contributed by atoms with Crippen LogP contribution in [0.25, 0.3) is 22.4 Å². The molecule has 2 aromatic heterocycles. The van der Waals surface area contributed by atoms with E-state index in [1.54, 1.807) is 23.6 Å². The van der Waals surface area contributed by atoms with Gasteiger partial charge in [0.05, 0.1) is 16.4 Å². The summed E-state index contributed by atoms with van der Waals surface area (Å²) in [6, 6.07) is 7.92. The number of rotatable bonds is 4. The quantitative estimate of drug-likeness (QED) is 0.794. The van der Waals surface area contributed by atoms with E-state index in [2.05, 4.69) is 15.3 Å². The molecule has 100 valence electrons. The molecule has 0 spiro atoms. The number of carboxylic acid groups (broad SMARTS) is 1. The van der Waals surface area contributed by atoms with Crippen LogP contribution in [0.2, 0.25) is 0 Å². The lowest BCUT2D eigenvalue weighted by Crippen LogP contribution is -2.08. The first-order chi connectivity index (χ1) is 9.70. The predicted octanol–water partition coefficient (Wildman–Crippen LogP) is 2.14. The average molecular weight is 286 g/mol. The van der Waals surface area contributed by atoms with Crippen molar-refractivity contribution in [1.82, 2.24) is 20.0 Å². The summed E-state index contributed by atoms with van der Waals surface area (Å²) in [5.74, 6) is -0.948. The summed E-state index contributed by atoms with van der Waals surface area (Å²) in [6.07, 6.45) is 5.20. The van der Waals surface area contributed by atoms with E-state index >= 15 is 0 Å². The first-order valence-electron chi connectivity index (χ1n) is 5.86. The van der Waals surface area contributed by atoms with Crippen molar-refractivity contribution in [2.75, 3.05) is 0 Å². The van der Waals surface area contributed by atoms with Crippen LogP contribution in [0.5, 0.6) is 0 Å². The van der Waals surface area contributed by atoms with Crippen LogP contribution in [-0.2, 0) is 11.3 Å². The second-order valence-corrected chi connectivity index (χ2v) is 5.15. The zero-order chi connectivity index (χ0) is 13.9. The fourth-order valence-electron chi connectivity index (χ4n) is 1.72. The van der Waals surface area contributed by atoms with Crippen LogP contribution in [0.3, 0.4) is 0 Å². The van der Waals surface area contributed by atoms with Crippen molar-refractivity contribution >= 4 is 39.7 Å². The van der Waals surface area contributed by atoms with Crippen molar-refractivity contribution in [2.45, 2.75) is 6.54 Å². The summed E-state index contributed by atoms with van der Waals surface area (Å²) < 4.78 is 2.40. The van der Waals surface area contributed by atoms with Gasteiger partial charge in [-0.25, -0.2) is 9.67 Å². The summed E-state index contributed by atoms with van der Waals surface area (Å²) in [7, 11) is 0. The zero-order valence-electron chi connectivity index (χ0n) is 10.3. The lowest BCUT2D eigenvalue weighted by Gasteiger charge is -1.90. The average Bonchev–Trinajstić information content (AvgIpc) is 3.01. The van der Waals surface area contributed by atoms with Crippen LogP contribution in [0, 0.1) is 0 Å². The summed E-state index contributed by atoms with van der Waals surface area (Å²) in [5.41, 5.74) is 1.57. The van der Waals surface area contributed by atoms with E-state index in [9.17, 15) is 4.79 Å². The van der Waals surface area contributed by atoms with Gasteiger partial charge in [0, 0.05) is 0 Å². The molecule has 0 aliphatic heterocycles. The maximum absolute atomic E-state index is 10.5. The van der Waals surface area contributed by atoms with Crippen LogP contribution in [0.15, 0.2) is 30.5 Å². The van der Waals surface area contributed by atoms with Crippen molar-refractivity contribution in [2.24, 2.45) is 0 Å². The molecule has 3 rings (SSSR count). The molecule has 0 radical (unpaired) electrons. The van der Waals surface area contributed by atoms with Crippen molar-refractivity contribution in [3.8, 4) is 0 Å². The van der Waals surface area contributed by atoms with Crippen molar-refractivity contribution in [3.05, 3.63) is 41.2 Å². The van der Waals surface area contributed by atoms with E-state index < -0.39 is 5.97 Å². The topological polar surface area (TPSA) is 80.9 Å². The molecule has 1 aromatic carbocycles. The maximum atomic E-state index is 10.5. The van der Waals surface area contributed by atoms with Gasteiger partial charge in [-0.05, 0) is 24.3 Å². The monoisotopic (exact) mass is 286 g/mol. The van der Waals surface area contributed by atoms with Gasteiger partial charge in [-0.1, -0.05) is 17.3 Å². The van der Waals surface area contributed by atoms with E-state index in [1.165, 1.54) is 4.68 Å². The van der Waals surface area contributed by atoms with Gasteiger partial charge < -0.3 is 5.11 Å². The first-order valence-corrected chi connectivity index (χ1v) is 6.68. The normalized spacial score (nSPS) is 11.4. The summed E-state index contributed by atoms with van der Waals surface area (Å²) in [4.78, 5) is 15.0. The number of carbonyl (C=O) groups is 1. The smallest absolute Gasteiger partial charge is 0.325 e. The maximum Gasteiger partial charge on any atom is 0.325 e. The lowest BCUT2D eigenvalue weighted by atomic mass is 10.3. The molecular weight excluding hydrogens is 276 g/mol. The Bertz CT molecular complexity index is 757. The third-order valence-corrected chi connectivity index (χ3v) is 3.56. The van der Waals surface area contributed by atoms with Gasteiger partial charge in [0.2, 0.25) is 0 Å². The number of carboxylic acids is 1. The lowest BCUT2D eigenvalue weighted by molar-refractivity contribution is -0.137. The number of benzene rings is 1. The third-order valence-electron chi connectivity index (χ3n) is 2.56. The second-order valence-electron chi connectivity index (χ2n) is 4.09. The Hall–Kier alpha value is -2.54. The molecule has 0 fully saturated rings. The molecule has 1 N–H and O–H groups in total. The summed E-state index contributed by atoms with van der Waals surface area (Å²) in [6.45, 7) is -0.192. The first kappa shape index (κ1) is 12.5. The van der Waals surface area contributed by atoms with Crippen molar-refractivity contribution in [3.63, 3.8) is 0 Å². The molecule has 2 heterocycles. The fraction of sp³-hybridized carbons (Fsp3) is 0.0769. The Morgan fingerprint density at radius 1 is 1.35 bits per heavy atom. The molecule has 0 saturated heterocycles. The van der Waals surface area contributed by atoms with Crippen LogP contribution in [0.1, 0.15) is 10.7 Å². The highest BCUT2D eigenvalue weighted by atomic mass is 32.1. The van der Waals surface area contributed by atoms with E-state index in [-0.39, 0.29) is 6.54 Å². The molecule has 20 heavy (non-hydrogen) atoms. The van der Waals surface area contributed by atoms with Gasteiger partial charge in [-0.2, -0.15) is 0 Å². The van der Waals surface area contributed by atoms with E-state index in [4.69, 9.17) is 5.11 Å². The highest BCUT2D eigenvalue weighted by Gasteiger charge is 2.03. The number of nitrogens with zero attached hydrogens (tertiary/aromatic N) is 4. The van der Waals surface area contributed by atoms with Gasteiger partial charge in [0.25, 0.3) is 0 Å². The largest absolute Gasteiger partial charge is 0.480 e. The minimum absolute atomic E-state index is 0.192. The molecule has 7 heteroatoms. The van der Waals surface area contributed by atoms with Gasteiger partial charge in [-0.3, -0.25) is 4.79 Å². The molecule has 0 bridgehead atoms. The summed E-state index contributed by atoms with van der Waals surface area (Å²) in [5, 5.41) is 17.1. The van der Waals surface area contributed by atoms with Gasteiger partial charge >= 0.3 is 5.97 Å². The Balaban J connectivity index is 1.79. The highest BCUT2D eigenvalue weighted by molar-refractivity contribution is 7.19. The molecular formula is C13H10N4O2S. The molecule has 0 unspecified atom stereocenters. The molecule has 0 amide bonds. The van der Waals surface area contributed by atoms with Gasteiger partial charge in [0.15, 0.2) is 0 Å². The summed E-state index contributed by atoms with van der Waals surface area (Å²) >= 11 is 1.59. The molecule has 3 aromatic rings. The van der Waals surface area contributed by atoms with E-state index in [0.717, 1.165) is 15.2 Å². The fourth-order valence-corrected chi connectivity index (χ4v) is 2.59. The SMILES string of the molecule is O=C(O)Cn1cc(/C=C/c2nc3ccccc3s2)nn1. The molecule has 0 aliphatic carbocycles. The second kappa shape index (κ2) is 5.22. The number of thiazole rings is 1. The Morgan fingerprint density at radius 3 is 3.00 bits per heavy atom. The Kier molecular flexibility index (Phi) is 3.26. The number of hydrogen-bond acceptors (Lipinski definition) is 5.